The molecule has 0 bridgehead atoms. The van der Waals surface area contributed by atoms with Crippen LogP contribution in [0.2, 0.25) is 0 Å². The third kappa shape index (κ3) is 2.69. The van der Waals surface area contributed by atoms with Crippen molar-refractivity contribution in [3.8, 4) is 0 Å². The van der Waals surface area contributed by atoms with E-state index in [1.54, 1.807) is 0 Å². The van der Waals surface area contributed by atoms with Gasteiger partial charge in [0.05, 0.1) is 0 Å². The SMILES string of the molecule is C/C=C/CCNC1Cc2ccccc2C1. The number of benzene rings is 1. The van der Waals surface area contributed by atoms with Gasteiger partial charge in [0.2, 0.25) is 0 Å². The Bertz CT molecular complexity index is 316. The molecule has 0 aliphatic heterocycles. The molecule has 0 aromatic heterocycles. The monoisotopic (exact) mass is 201 g/mol. The lowest BCUT2D eigenvalue weighted by atomic mass is 10.1. The normalized spacial score (nSPS) is 16.1. The fourth-order valence-corrected chi connectivity index (χ4v) is 2.24. The van der Waals surface area contributed by atoms with Crippen LogP contribution in [0.4, 0.5) is 0 Å². The Hall–Kier alpha value is -1.08. The topological polar surface area (TPSA) is 12.0 Å². The maximum absolute atomic E-state index is 3.61. The lowest BCUT2D eigenvalue weighted by Crippen LogP contribution is -2.30. The molecule has 0 saturated heterocycles. The van der Waals surface area contributed by atoms with Gasteiger partial charge in [0.1, 0.15) is 0 Å². The molecule has 1 aliphatic carbocycles. The number of fused-ring (bicyclic) bond motifs is 1. The molecule has 0 amide bonds. The molecule has 1 heteroatoms. The molecule has 1 aromatic rings. The minimum absolute atomic E-state index is 0.660. The minimum Gasteiger partial charge on any atom is -0.313 e. The third-order valence-electron chi connectivity index (χ3n) is 3.03. The molecule has 1 aliphatic rings. The van der Waals surface area contributed by atoms with Crippen LogP contribution < -0.4 is 5.32 Å². The average molecular weight is 201 g/mol. The maximum Gasteiger partial charge on any atom is 0.0148 e. The maximum atomic E-state index is 3.61. The van der Waals surface area contributed by atoms with E-state index < -0.39 is 0 Å². The van der Waals surface area contributed by atoms with Gasteiger partial charge in [0.25, 0.3) is 0 Å². The summed E-state index contributed by atoms with van der Waals surface area (Å²) in [6.07, 6.45) is 7.88. The zero-order chi connectivity index (χ0) is 10.5. The van der Waals surface area contributed by atoms with E-state index in [1.807, 2.05) is 0 Å². The Labute approximate surface area is 92.2 Å². The van der Waals surface area contributed by atoms with Crippen LogP contribution in [0.1, 0.15) is 24.5 Å². The number of allylic oxidation sites excluding steroid dienone is 1. The summed E-state index contributed by atoms with van der Waals surface area (Å²) in [5.41, 5.74) is 3.06. The van der Waals surface area contributed by atoms with Crippen molar-refractivity contribution in [3.05, 3.63) is 47.5 Å². The van der Waals surface area contributed by atoms with E-state index in [9.17, 15) is 0 Å². The van der Waals surface area contributed by atoms with Crippen LogP contribution >= 0.6 is 0 Å². The third-order valence-corrected chi connectivity index (χ3v) is 3.03. The van der Waals surface area contributed by atoms with Gasteiger partial charge in [0.15, 0.2) is 0 Å². The molecule has 2 rings (SSSR count). The molecule has 0 atom stereocenters. The summed E-state index contributed by atoms with van der Waals surface area (Å²) in [7, 11) is 0. The Morgan fingerprint density at radius 1 is 1.27 bits per heavy atom. The van der Waals surface area contributed by atoms with Crippen molar-refractivity contribution in [2.75, 3.05) is 6.54 Å². The van der Waals surface area contributed by atoms with Gasteiger partial charge < -0.3 is 5.32 Å². The highest BCUT2D eigenvalue weighted by Crippen LogP contribution is 2.21. The van der Waals surface area contributed by atoms with Crippen LogP contribution in [-0.4, -0.2) is 12.6 Å². The van der Waals surface area contributed by atoms with Crippen molar-refractivity contribution in [1.82, 2.24) is 5.32 Å². The summed E-state index contributed by atoms with van der Waals surface area (Å²) in [4.78, 5) is 0. The fourth-order valence-electron chi connectivity index (χ4n) is 2.24. The van der Waals surface area contributed by atoms with E-state index in [4.69, 9.17) is 0 Å². The summed E-state index contributed by atoms with van der Waals surface area (Å²) < 4.78 is 0. The van der Waals surface area contributed by atoms with Gasteiger partial charge >= 0.3 is 0 Å². The van der Waals surface area contributed by atoms with Crippen molar-refractivity contribution in [2.24, 2.45) is 0 Å². The highest BCUT2D eigenvalue weighted by atomic mass is 14.9. The van der Waals surface area contributed by atoms with Crippen molar-refractivity contribution in [1.29, 1.82) is 0 Å². The quantitative estimate of drug-likeness (QED) is 0.583. The van der Waals surface area contributed by atoms with Gasteiger partial charge in [-0.25, -0.2) is 0 Å². The van der Waals surface area contributed by atoms with Crippen LogP contribution in [0.5, 0.6) is 0 Å². The van der Waals surface area contributed by atoms with Gasteiger partial charge in [-0.05, 0) is 43.9 Å². The number of hydrogen-bond acceptors (Lipinski definition) is 1. The summed E-state index contributed by atoms with van der Waals surface area (Å²) in [6.45, 7) is 3.18. The van der Waals surface area contributed by atoms with Crippen LogP contribution in [0.25, 0.3) is 0 Å². The van der Waals surface area contributed by atoms with Crippen LogP contribution in [0, 0.1) is 0 Å². The smallest absolute Gasteiger partial charge is 0.0148 e. The Morgan fingerprint density at radius 2 is 1.93 bits per heavy atom. The predicted molar refractivity (Wildman–Crippen MR) is 65.1 cm³/mol. The second kappa shape index (κ2) is 5.13. The molecule has 1 N–H and O–H groups in total. The highest BCUT2D eigenvalue weighted by Gasteiger charge is 2.19. The van der Waals surface area contributed by atoms with Crippen LogP contribution in [0.15, 0.2) is 36.4 Å². The zero-order valence-electron chi connectivity index (χ0n) is 9.37. The predicted octanol–water partition coefficient (Wildman–Crippen LogP) is 2.71. The lowest BCUT2D eigenvalue weighted by Gasteiger charge is -2.10. The second-order valence-corrected chi connectivity index (χ2v) is 4.19. The summed E-state index contributed by atoms with van der Waals surface area (Å²) in [6, 6.07) is 9.45. The first-order valence-electron chi connectivity index (χ1n) is 5.81. The van der Waals surface area contributed by atoms with Gasteiger partial charge in [-0.1, -0.05) is 36.4 Å². The van der Waals surface area contributed by atoms with Crippen LogP contribution in [-0.2, 0) is 12.8 Å². The first-order chi connectivity index (χ1) is 7.40. The van der Waals surface area contributed by atoms with Crippen molar-refractivity contribution < 1.29 is 0 Å². The number of hydrogen-bond donors (Lipinski definition) is 1. The molecule has 0 unspecified atom stereocenters. The molecule has 1 nitrogen and oxygen atoms in total. The average Bonchev–Trinajstić information content (AvgIpc) is 2.67. The lowest BCUT2D eigenvalue weighted by molar-refractivity contribution is 0.539. The molecule has 0 heterocycles. The molecule has 0 spiro atoms. The van der Waals surface area contributed by atoms with Gasteiger partial charge in [-0.3, -0.25) is 0 Å². The first kappa shape index (κ1) is 10.4. The van der Waals surface area contributed by atoms with E-state index in [1.165, 1.54) is 24.0 Å². The van der Waals surface area contributed by atoms with E-state index >= 15 is 0 Å². The molecule has 1 aromatic carbocycles. The molecule has 0 saturated carbocycles. The van der Waals surface area contributed by atoms with Gasteiger partial charge in [-0.15, -0.1) is 0 Å². The first-order valence-corrected chi connectivity index (χ1v) is 5.81. The molecule has 0 radical (unpaired) electrons. The van der Waals surface area contributed by atoms with E-state index in [0.717, 1.165) is 13.0 Å². The van der Waals surface area contributed by atoms with Crippen molar-refractivity contribution in [3.63, 3.8) is 0 Å². The van der Waals surface area contributed by atoms with Crippen molar-refractivity contribution in [2.45, 2.75) is 32.2 Å². The molecule has 80 valence electrons. The molecule has 0 fully saturated rings. The Morgan fingerprint density at radius 3 is 2.53 bits per heavy atom. The number of rotatable bonds is 4. The zero-order valence-corrected chi connectivity index (χ0v) is 9.37. The number of nitrogens with one attached hydrogen (secondary N) is 1. The Balaban J connectivity index is 1.80. The van der Waals surface area contributed by atoms with Crippen LogP contribution in [0.3, 0.4) is 0 Å². The van der Waals surface area contributed by atoms with E-state index in [-0.39, 0.29) is 0 Å². The van der Waals surface area contributed by atoms with Gasteiger partial charge in [-0.2, -0.15) is 0 Å². The summed E-state index contributed by atoms with van der Waals surface area (Å²) >= 11 is 0. The summed E-state index contributed by atoms with van der Waals surface area (Å²) in [5, 5.41) is 3.61. The summed E-state index contributed by atoms with van der Waals surface area (Å²) in [5.74, 6) is 0. The van der Waals surface area contributed by atoms with E-state index in [2.05, 4.69) is 48.7 Å². The fraction of sp³-hybridized carbons (Fsp3) is 0.429. The largest absolute Gasteiger partial charge is 0.313 e. The second-order valence-electron chi connectivity index (χ2n) is 4.19. The highest BCUT2D eigenvalue weighted by molar-refractivity contribution is 5.33. The molecular weight excluding hydrogens is 182 g/mol. The van der Waals surface area contributed by atoms with Crippen molar-refractivity contribution >= 4 is 0 Å². The standard InChI is InChI=1S/C14H19N/c1-2-3-6-9-15-14-10-12-7-4-5-8-13(12)11-14/h2-5,7-8,14-15H,6,9-11H2,1H3/b3-2+. The molecule has 15 heavy (non-hydrogen) atoms. The van der Waals surface area contributed by atoms with E-state index in [0.29, 0.717) is 6.04 Å². The Kier molecular flexibility index (Phi) is 3.57. The van der Waals surface area contributed by atoms with Gasteiger partial charge in [0, 0.05) is 6.04 Å². The minimum atomic E-state index is 0.660. The molecular formula is C14H19N.